The second-order valence-electron chi connectivity index (χ2n) is 6.78. The van der Waals surface area contributed by atoms with Crippen molar-refractivity contribution < 1.29 is 27.5 Å². The number of ether oxygens (including phenoxy) is 2. The van der Waals surface area contributed by atoms with Crippen LogP contribution in [0, 0.1) is 0 Å². The molecule has 0 saturated carbocycles. The molecule has 0 aliphatic heterocycles. The van der Waals surface area contributed by atoms with E-state index in [1.165, 1.54) is 6.07 Å². The van der Waals surface area contributed by atoms with Gasteiger partial charge in [-0.05, 0) is 51.1 Å². The molecule has 1 amide bonds. The summed E-state index contributed by atoms with van der Waals surface area (Å²) in [5.74, 6) is -0.566. The van der Waals surface area contributed by atoms with Crippen LogP contribution in [0.15, 0.2) is 48.5 Å². The van der Waals surface area contributed by atoms with Crippen molar-refractivity contribution in [2.45, 2.75) is 26.9 Å². The molecule has 0 heterocycles. The Bertz CT molecular complexity index is 1000. The van der Waals surface area contributed by atoms with Gasteiger partial charge in [0.25, 0.3) is 0 Å². The zero-order valence-corrected chi connectivity index (χ0v) is 18.2. The van der Waals surface area contributed by atoms with Crippen LogP contribution in [-0.2, 0) is 19.6 Å². The van der Waals surface area contributed by atoms with Gasteiger partial charge >= 0.3 is 5.97 Å². The van der Waals surface area contributed by atoms with Gasteiger partial charge in [-0.2, -0.15) is 0 Å². The first-order valence-electron chi connectivity index (χ1n) is 9.41. The summed E-state index contributed by atoms with van der Waals surface area (Å²) in [5, 5.41) is 2.61. The SMILES string of the molecule is CCOC(=O)c1cccc(NC(=O)CN(c2cccc(OC(C)C)c2)S(C)(=O)=O)c1. The van der Waals surface area contributed by atoms with E-state index in [1.54, 1.807) is 49.4 Å². The monoisotopic (exact) mass is 434 g/mol. The van der Waals surface area contributed by atoms with Gasteiger partial charge in [0.15, 0.2) is 0 Å². The summed E-state index contributed by atoms with van der Waals surface area (Å²) in [5.41, 5.74) is 0.954. The third-order valence-corrected chi connectivity index (χ3v) is 4.96. The number of benzene rings is 2. The molecular weight excluding hydrogens is 408 g/mol. The smallest absolute Gasteiger partial charge is 0.338 e. The molecule has 0 spiro atoms. The molecule has 0 saturated heterocycles. The minimum absolute atomic E-state index is 0.0816. The molecule has 8 nitrogen and oxygen atoms in total. The fourth-order valence-electron chi connectivity index (χ4n) is 2.65. The molecule has 0 aliphatic carbocycles. The fourth-order valence-corrected chi connectivity index (χ4v) is 3.50. The molecule has 162 valence electrons. The van der Waals surface area contributed by atoms with Crippen molar-refractivity contribution in [3.8, 4) is 5.75 Å². The van der Waals surface area contributed by atoms with Crippen molar-refractivity contribution in [1.82, 2.24) is 0 Å². The molecule has 30 heavy (non-hydrogen) atoms. The molecule has 2 rings (SSSR count). The molecule has 0 bridgehead atoms. The lowest BCUT2D eigenvalue weighted by Gasteiger charge is -2.23. The number of hydrogen-bond acceptors (Lipinski definition) is 6. The zero-order chi connectivity index (χ0) is 22.3. The molecule has 1 N–H and O–H groups in total. The van der Waals surface area contributed by atoms with Gasteiger partial charge in [-0.1, -0.05) is 12.1 Å². The zero-order valence-electron chi connectivity index (χ0n) is 17.4. The maximum atomic E-state index is 12.5. The van der Waals surface area contributed by atoms with Crippen LogP contribution in [0.3, 0.4) is 0 Å². The lowest BCUT2D eigenvalue weighted by atomic mass is 10.2. The molecule has 9 heteroatoms. The normalized spacial score (nSPS) is 11.1. The van der Waals surface area contributed by atoms with Gasteiger partial charge in [-0.3, -0.25) is 9.10 Å². The van der Waals surface area contributed by atoms with E-state index >= 15 is 0 Å². The van der Waals surface area contributed by atoms with Crippen LogP contribution >= 0.6 is 0 Å². The summed E-state index contributed by atoms with van der Waals surface area (Å²) >= 11 is 0. The van der Waals surface area contributed by atoms with Gasteiger partial charge in [0.1, 0.15) is 12.3 Å². The van der Waals surface area contributed by atoms with Crippen molar-refractivity contribution in [1.29, 1.82) is 0 Å². The number of nitrogens with zero attached hydrogens (tertiary/aromatic N) is 1. The molecule has 0 radical (unpaired) electrons. The standard InChI is InChI=1S/C21H26N2O6S/c1-5-28-21(25)16-8-6-9-17(12-16)22-20(24)14-23(30(4,26)27)18-10-7-11-19(13-18)29-15(2)3/h6-13,15H,5,14H2,1-4H3,(H,22,24). The number of carbonyl (C=O) groups is 2. The number of sulfonamides is 1. The summed E-state index contributed by atoms with van der Waals surface area (Å²) in [6, 6.07) is 12.8. The van der Waals surface area contributed by atoms with Crippen LogP contribution in [0.5, 0.6) is 5.75 Å². The number of nitrogens with one attached hydrogen (secondary N) is 1. The minimum Gasteiger partial charge on any atom is -0.491 e. The second-order valence-corrected chi connectivity index (χ2v) is 8.69. The average Bonchev–Trinajstić information content (AvgIpc) is 2.65. The highest BCUT2D eigenvalue weighted by molar-refractivity contribution is 7.92. The van der Waals surface area contributed by atoms with Gasteiger partial charge < -0.3 is 14.8 Å². The summed E-state index contributed by atoms with van der Waals surface area (Å²) < 4.78 is 36.2. The number of carbonyl (C=O) groups excluding carboxylic acids is 2. The van der Waals surface area contributed by atoms with Crippen LogP contribution in [0.2, 0.25) is 0 Å². The maximum Gasteiger partial charge on any atom is 0.338 e. The van der Waals surface area contributed by atoms with Gasteiger partial charge in [-0.15, -0.1) is 0 Å². The number of anilines is 2. The Labute approximate surface area is 176 Å². The fraction of sp³-hybridized carbons (Fsp3) is 0.333. The van der Waals surface area contributed by atoms with E-state index in [1.807, 2.05) is 13.8 Å². The molecule has 2 aromatic carbocycles. The van der Waals surface area contributed by atoms with E-state index in [4.69, 9.17) is 9.47 Å². The maximum absolute atomic E-state index is 12.5. The Morgan fingerprint density at radius 2 is 1.80 bits per heavy atom. The number of rotatable bonds is 9. The van der Waals surface area contributed by atoms with Crippen LogP contribution in [0.1, 0.15) is 31.1 Å². The third kappa shape index (κ3) is 6.77. The largest absolute Gasteiger partial charge is 0.491 e. The van der Waals surface area contributed by atoms with E-state index in [-0.39, 0.29) is 18.3 Å². The average molecular weight is 435 g/mol. The number of amides is 1. The Hall–Kier alpha value is -3.07. The first-order valence-corrected chi connectivity index (χ1v) is 11.3. The highest BCUT2D eigenvalue weighted by Gasteiger charge is 2.22. The van der Waals surface area contributed by atoms with E-state index in [0.29, 0.717) is 17.1 Å². The Morgan fingerprint density at radius 3 is 2.43 bits per heavy atom. The Balaban J connectivity index is 2.19. The first kappa shape index (κ1) is 23.2. The number of esters is 1. The number of hydrogen-bond donors (Lipinski definition) is 1. The van der Waals surface area contributed by atoms with E-state index in [9.17, 15) is 18.0 Å². The van der Waals surface area contributed by atoms with Crippen molar-refractivity contribution in [2.24, 2.45) is 0 Å². The van der Waals surface area contributed by atoms with Gasteiger partial charge in [-0.25, -0.2) is 13.2 Å². The molecule has 2 aromatic rings. The van der Waals surface area contributed by atoms with Gasteiger partial charge in [0, 0.05) is 11.8 Å². The highest BCUT2D eigenvalue weighted by atomic mass is 32.2. The molecule has 0 aliphatic rings. The lowest BCUT2D eigenvalue weighted by Crippen LogP contribution is -2.37. The highest BCUT2D eigenvalue weighted by Crippen LogP contribution is 2.24. The Kier molecular flexibility index (Phi) is 7.82. The Morgan fingerprint density at radius 1 is 1.10 bits per heavy atom. The van der Waals surface area contributed by atoms with E-state index < -0.39 is 28.4 Å². The molecule has 0 unspecified atom stereocenters. The summed E-state index contributed by atoms with van der Waals surface area (Å²) in [6.07, 6.45) is 0.944. The van der Waals surface area contributed by atoms with Crippen molar-refractivity contribution in [2.75, 3.05) is 29.0 Å². The van der Waals surface area contributed by atoms with Crippen LogP contribution in [0.4, 0.5) is 11.4 Å². The van der Waals surface area contributed by atoms with E-state index in [0.717, 1.165) is 10.6 Å². The summed E-state index contributed by atoms with van der Waals surface area (Å²) in [6.45, 7) is 5.22. The quantitative estimate of drug-likeness (QED) is 0.609. The van der Waals surface area contributed by atoms with Crippen LogP contribution in [0.25, 0.3) is 0 Å². The van der Waals surface area contributed by atoms with Crippen LogP contribution in [-0.4, -0.2) is 45.8 Å². The lowest BCUT2D eigenvalue weighted by molar-refractivity contribution is -0.114. The predicted octanol–water partition coefficient (Wildman–Crippen LogP) is 3.06. The molecular formula is C21H26N2O6S. The van der Waals surface area contributed by atoms with Gasteiger partial charge in [0.2, 0.25) is 15.9 Å². The second kappa shape index (κ2) is 10.1. The summed E-state index contributed by atoms with van der Waals surface area (Å²) in [7, 11) is -3.74. The van der Waals surface area contributed by atoms with Crippen molar-refractivity contribution >= 4 is 33.3 Å². The van der Waals surface area contributed by atoms with E-state index in [2.05, 4.69) is 5.32 Å². The van der Waals surface area contributed by atoms with Crippen molar-refractivity contribution in [3.05, 3.63) is 54.1 Å². The predicted molar refractivity (Wildman–Crippen MR) is 115 cm³/mol. The topological polar surface area (TPSA) is 102 Å². The molecule has 0 atom stereocenters. The summed E-state index contributed by atoms with van der Waals surface area (Å²) in [4.78, 5) is 24.4. The third-order valence-electron chi connectivity index (χ3n) is 3.82. The molecule has 0 fully saturated rings. The van der Waals surface area contributed by atoms with Crippen LogP contribution < -0.4 is 14.4 Å². The molecule has 0 aromatic heterocycles. The first-order chi connectivity index (χ1) is 14.1. The van der Waals surface area contributed by atoms with Crippen molar-refractivity contribution in [3.63, 3.8) is 0 Å². The minimum atomic E-state index is -3.74. The van der Waals surface area contributed by atoms with Gasteiger partial charge in [0.05, 0.1) is 30.2 Å².